The topological polar surface area (TPSA) is 78.9 Å². The Labute approximate surface area is 363 Å². The zero-order valence-corrected chi connectivity index (χ0v) is 38.2. The number of rotatable bonds is 42. The Bertz CT molecular complexity index is 1170. The van der Waals surface area contributed by atoms with Gasteiger partial charge in [0.15, 0.2) is 6.10 Å². The van der Waals surface area contributed by atoms with Crippen molar-refractivity contribution in [2.45, 2.75) is 219 Å². The van der Waals surface area contributed by atoms with Crippen molar-refractivity contribution in [2.75, 3.05) is 13.2 Å². The molecule has 0 radical (unpaired) electrons. The van der Waals surface area contributed by atoms with E-state index in [1.54, 1.807) is 0 Å². The van der Waals surface area contributed by atoms with E-state index in [1.807, 2.05) is 36.5 Å². The molecule has 0 bridgehead atoms. The van der Waals surface area contributed by atoms with Gasteiger partial charge >= 0.3 is 17.9 Å². The van der Waals surface area contributed by atoms with Gasteiger partial charge in [0.25, 0.3) is 0 Å². The Morgan fingerprint density at radius 1 is 0.373 bits per heavy atom. The van der Waals surface area contributed by atoms with Crippen molar-refractivity contribution in [3.05, 3.63) is 85.1 Å². The van der Waals surface area contributed by atoms with Crippen LogP contribution in [-0.4, -0.2) is 37.2 Å². The molecule has 6 nitrogen and oxygen atoms in total. The summed E-state index contributed by atoms with van der Waals surface area (Å²) in [6, 6.07) is 0. The molecule has 0 heterocycles. The van der Waals surface area contributed by atoms with Crippen molar-refractivity contribution < 1.29 is 28.6 Å². The molecule has 0 aliphatic rings. The second-order valence-electron chi connectivity index (χ2n) is 15.7. The molecule has 0 rings (SSSR count). The molecule has 0 N–H and O–H groups in total. The van der Waals surface area contributed by atoms with Crippen LogP contribution in [0.15, 0.2) is 85.1 Å². The summed E-state index contributed by atoms with van der Waals surface area (Å²) in [4.78, 5) is 37.8. The van der Waals surface area contributed by atoms with Crippen molar-refractivity contribution in [1.29, 1.82) is 0 Å². The Kier molecular flexibility index (Phi) is 44.5. The Morgan fingerprint density at radius 3 is 1.29 bits per heavy atom. The van der Waals surface area contributed by atoms with Gasteiger partial charge in [0, 0.05) is 19.3 Å². The largest absolute Gasteiger partial charge is 0.462 e. The van der Waals surface area contributed by atoms with E-state index in [1.165, 1.54) is 89.9 Å². The summed E-state index contributed by atoms with van der Waals surface area (Å²) in [7, 11) is 0. The van der Waals surface area contributed by atoms with Gasteiger partial charge in [-0.25, -0.2) is 0 Å². The summed E-state index contributed by atoms with van der Waals surface area (Å²) < 4.78 is 16.7. The molecule has 0 saturated carbocycles. The maximum Gasteiger partial charge on any atom is 0.306 e. The number of unbranched alkanes of at least 4 members (excludes halogenated alkanes) is 20. The summed E-state index contributed by atoms with van der Waals surface area (Å²) in [6.07, 6.45) is 60.1. The number of hydrogen-bond donors (Lipinski definition) is 0. The van der Waals surface area contributed by atoms with Gasteiger partial charge in [-0.2, -0.15) is 0 Å². The molecule has 0 amide bonds. The van der Waals surface area contributed by atoms with Gasteiger partial charge in [0.1, 0.15) is 13.2 Å². The van der Waals surface area contributed by atoms with Crippen LogP contribution in [0.25, 0.3) is 0 Å². The van der Waals surface area contributed by atoms with E-state index < -0.39 is 6.10 Å². The molecule has 0 aliphatic carbocycles. The van der Waals surface area contributed by atoms with Crippen LogP contribution in [0.3, 0.4) is 0 Å². The normalized spacial score (nSPS) is 12.8. The Morgan fingerprint density at radius 2 is 0.763 bits per heavy atom. The first-order chi connectivity index (χ1) is 29.0. The Hall–Kier alpha value is -3.41. The van der Waals surface area contributed by atoms with Crippen LogP contribution in [0, 0.1) is 0 Å². The summed E-state index contributed by atoms with van der Waals surface area (Å²) >= 11 is 0. The van der Waals surface area contributed by atoms with Crippen LogP contribution < -0.4 is 0 Å². The SMILES string of the molecule is CC\C=C/C=C\C=C/C=C\CCCCCC(=O)OC(COC(=O)CCC/C=C\C/C=C\C/C=C\CC)COC(=O)CCCCCCCCCCCCCCCCCCC. The van der Waals surface area contributed by atoms with Gasteiger partial charge in [-0.3, -0.25) is 14.4 Å². The lowest BCUT2D eigenvalue weighted by molar-refractivity contribution is -0.167. The summed E-state index contributed by atoms with van der Waals surface area (Å²) in [5.74, 6) is -1.01. The highest BCUT2D eigenvalue weighted by Crippen LogP contribution is 2.15. The van der Waals surface area contributed by atoms with E-state index in [4.69, 9.17) is 14.2 Å². The first kappa shape index (κ1) is 55.6. The highest BCUT2D eigenvalue weighted by molar-refractivity contribution is 5.71. The molecule has 0 aromatic rings. The lowest BCUT2D eigenvalue weighted by Gasteiger charge is -2.18. The number of allylic oxidation sites excluding steroid dienone is 14. The van der Waals surface area contributed by atoms with Crippen LogP contribution in [0.4, 0.5) is 0 Å². The molecule has 0 spiro atoms. The first-order valence-electron chi connectivity index (χ1n) is 24.1. The van der Waals surface area contributed by atoms with E-state index in [0.717, 1.165) is 70.6 Å². The van der Waals surface area contributed by atoms with Gasteiger partial charge in [-0.1, -0.05) is 215 Å². The predicted molar refractivity (Wildman–Crippen MR) is 251 cm³/mol. The lowest BCUT2D eigenvalue weighted by Crippen LogP contribution is -2.30. The minimum atomic E-state index is -0.814. The van der Waals surface area contributed by atoms with Crippen molar-refractivity contribution >= 4 is 17.9 Å². The van der Waals surface area contributed by atoms with Gasteiger partial charge < -0.3 is 14.2 Å². The number of carbonyl (C=O) groups excluding carboxylic acids is 3. The third kappa shape index (κ3) is 45.5. The maximum absolute atomic E-state index is 12.7. The molecule has 336 valence electrons. The van der Waals surface area contributed by atoms with E-state index in [0.29, 0.717) is 19.3 Å². The van der Waals surface area contributed by atoms with Gasteiger partial charge in [-0.05, 0) is 64.2 Å². The fourth-order valence-electron chi connectivity index (χ4n) is 6.42. The summed E-state index contributed by atoms with van der Waals surface area (Å²) in [5, 5.41) is 0. The number of carbonyl (C=O) groups is 3. The molecule has 1 unspecified atom stereocenters. The summed E-state index contributed by atoms with van der Waals surface area (Å²) in [5.41, 5.74) is 0. The van der Waals surface area contributed by atoms with E-state index in [9.17, 15) is 14.4 Å². The molecule has 6 heteroatoms. The third-order valence-corrected chi connectivity index (χ3v) is 9.99. The highest BCUT2D eigenvalue weighted by Gasteiger charge is 2.19. The van der Waals surface area contributed by atoms with E-state index >= 15 is 0 Å². The van der Waals surface area contributed by atoms with E-state index in [2.05, 4.69) is 69.4 Å². The first-order valence-corrected chi connectivity index (χ1v) is 24.1. The number of esters is 3. The fourth-order valence-corrected chi connectivity index (χ4v) is 6.42. The van der Waals surface area contributed by atoms with Gasteiger partial charge in [0.2, 0.25) is 0 Å². The smallest absolute Gasteiger partial charge is 0.306 e. The standard InChI is InChI=1S/C53H88O6/c1-4-7-10-13-16-19-22-24-25-26-27-29-31-34-37-40-43-46-52(55)58-49-50(48-57-51(54)45-42-39-36-33-30-21-18-15-12-9-6-3)59-53(56)47-44-41-38-35-32-28-23-20-17-14-11-8-5-2/h8-9,11-12,14,17-18,20-21,23,28,32-33,36,50H,4-7,10,13,15-16,19,22,24-27,29-31,34-35,37-49H2,1-3H3/b11-8-,12-9-,17-14-,21-18-,23-20-,32-28-,36-33-. The van der Waals surface area contributed by atoms with Crippen LogP contribution >= 0.6 is 0 Å². The van der Waals surface area contributed by atoms with Gasteiger partial charge in [0.05, 0.1) is 0 Å². The van der Waals surface area contributed by atoms with Crippen LogP contribution in [-0.2, 0) is 28.6 Å². The van der Waals surface area contributed by atoms with Crippen LogP contribution in [0.2, 0.25) is 0 Å². The predicted octanol–water partition coefficient (Wildman–Crippen LogP) is 15.6. The van der Waals surface area contributed by atoms with Crippen molar-refractivity contribution in [1.82, 2.24) is 0 Å². The monoisotopic (exact) mass is 821 g/mol. The summed E-state index contributed by atoms with van der Waals surface area (Å²) in [6.45, 7) is 6.29. The van der Waals surface area contributed by atoms with Crippen molar-refractivity contribution in [3.8, 4) is 0 Å². The molecule has 0 aromatic carbocycles. The third-order valence-electron chi connectivity index (χ3n) is 9.99. The fraction of sp³-hybridized carbons (Fsp3) is 0.679. The zero-order chi connectivity index (χ0) is 43.0. The van der Waals surface area contributed by atoms with E-state index in [-0.39, 0.29) is 44.0 Å². The molecule has 1 atom stereocenters. The molecule has 0 aliphatic heterocycles. The van der Waals surface area contributed by atoms with Crippen LogP contribution in [0.5, 0.6) is 0 Å². The molecular formula is C53H88O6. The average molecular weight is 821 g/mol. The number of ether oxygens (including phenoxy) is 3. The minimum absolute atomic E-state index is 0.107. The maximum atomic E-state index is 12.7. The Balaban J connectivity index is 4.44. The molecule has 59 heavy (non-hydrogen) atoms. The highest BCUT2D eigenvalue weighted by atomic mass is 16.6. The lowest BCUT2D eigenvalue weighted by atomic mass is 10.0. The molecule has 0 fully saturated rings. The second kappa shape index (κ2) is 47.3. The van der Waals surface area contributed by atoms with Crippen molar-refractivity contribution in [3.63, 3.8) is 0 Å². The van der Waals surface area contributed by atoms with Gasteiger partial charge in [-0.15, -0.1) is 0 Å². The quantitative estimate of drug-likeness (QED) is 0.0201. The molecule has 0 aromatic heterocycles. The second-order valence-corrected chi connectivity index (χ2v) is 15.7. The number of hydrogen-bond acceptors (Lipinski definition) is 6. The average Bonchev–Trinajstić information content (AvgIpc) is 3.23. The zero-order valence-electron chi connectivity index (χ0n) is 38.2. The van der Waals surface area contributed by atoms with Crippen molar-refractivity contribution in [2.24, 2.45) is 0 Å². The minimum Gasteiger partial charge on any atom is -0.462 e. The molecular weight excluding hydrogens is 733 g/mol. The van der Waals surface area contributed by atoms with Crippen LogP contribution in [0.1, 0.15) is 213 Å². The molecule has 0 saturated heterocycles.